The summed E-state index contributed by atoms with van der Waals surface area (Å²) in [5.41, 5.74) is 4.46. The molecule has 0 saturated heterocycles. The first kappa shape index (κ1) is 18.2. The minimum absolute atomic E-state index is 0.229. The second kappa shape index (κ2) is 7.82. The summed E-state index contributed by atoms with van der Waals surface area (Å²) in [5.74, 6) is 0.420. The van der Waals surface area contributed by atoms with E-state index < -0.39 is 0 Å². The zero-order chi connectivity index (χ0) is 19.5. The maximum absolute atomic E-state index is 12.2. The van der Waals surface area contributed by atoms with Gasteiger partial charge in [-0.2, -0.15) is 0 Å². The lowest BCUT2D eigenvalue weighted by molar-refractivity contribution is -0.111. The zero-order valence-corrected chi connectivity index (χ0v) is 16.5. The number of nitrogens with zero attached hydrogens (tertiary/aromatic N) is 1. The molecule has 0 aliphatic heterocycles. The Morgan fingerprint density at radius 2 is 2.00 bits per heavy atom. The van der Waals surface area contributed by atoms with E-state index in [1.165, 1.54) is 34.1 Å². The van der Waals surface area contributed by atoms with Crippen LogP contribution in [0.4, 0.5) is 5.13 Å². The van der Waals surface area contributed by atoms with Crippen LogP contribution >= 0.6 is 11.3 Å². The molecule has 0 radical (unpaired) electrons. The van der Waals surface area contributed by atoms with Crippen LogP contribution in [0.25, 0.3) is 17.0 Å². The summed E-state index contributed by atoms with van der Waals surface area (Å²) in [6, 6.07) is 16.3. The maximum Gasteiger partial charge on any atom is 0.250 e. The Morgan fingerprint density at radius 1 is 1.14 bits per heavy atom. The van der Waals surface area contributed by atoms with E-state index in [2.05, 4.69) is 47.6 Å². The highest BCUT2D eigenvalue weighted by Crippen LogP contribution is 2.23. The number of rotatable bonds is 5. The normalized spacial score (nSPS) is 11.4. The summed E-state index contributed by atoms with van der Waals surface area (Å²) in [7, 11) is 0. The molecule has 4 nitrogen and oxygen atoms in total. The average Bonchev–Trinajstić information content (AvgIpc) is 3.26. The van der Waals surface area contributed by atoms with Crippen molar-refractivity contribution in [1.82, 2.24) is 4.98 Å². The minimum atomic E-state index is -0.229. The van der Waals surface area contributed by atoms with Gasteiger partial charge in [-0.05, 0) is 43.7 Å². The third kappa shape index (κ3) is 4.38. The molecule has 0 saturated carbocycles. The highest BCUT2D eigenvalue weighted by molar-refractivity contribution is 7.15. The molecule has 4 rings (SSSR count). The van der Waals surface area contributed by atoms with Gasteiger partial charge < -0.3 is 4.42 Å². The third-order valence-electron chi connectivity index (χ3n) is 4.33. The van der Waals surface area contributed by atoms with Crippen LogP contribution in [0, 0.1) is 13.8 Å². The van der Waals surface area contributed by atoms with Crippen LogP contribution < -0.4 is 5.32 Å². The lowest BCUT2D eigenvalue weighted by Crippen LogP contribution is -2.06. The number of nitrogens with one attached hydrogen (secondary N) is 1. The van der Waals surface area contributed by atoms with E-state index in [-0.39, 0.29) is 5.91 Å². The van der Waals surface area contributed by atoms with Gasteiger partial charge in [0.25, 0.3) is 0 Å². The average molecular weight is 388 g/mol. The van der Waals surface area contributed by atoms with Crippen LogP contribution in [0.1, 0.15) is 27.3 Å². The van der Waals surface area contributed by atoms with E-state index >= 15 is 0 Å². The number of benzene rings is 2. The Labute approximate surface area is 167 Å². The fraction of sp³-hybridized carbons (Fsp3) is 0.130. The molecule has 0 spiro atoms. The molecular weight excluding hydrogens is 368 g/mol. The first-order valence-electron chi connectivity index (χ1n) is 9.05. The Kier molecular flexibility index (Phi) is 5.08. The van der Waals surface area contributed by atoms with Crippen molar-refractivity contribution in [3.63, 3.8) is 0 Å². The summed E-state index contributed by atoms with van der Waals surface area (Å²) in [6.45, 7) is 4.12. The second-order valence-electron chi connectivity index (χ2n) is 6.81. The number of hydrogen-bond donors (Lipinski definition) is 1. The van der Waals surface area contributed by atoms with Gasteiger partial charge in [0, 0.05) is 29.0 Å². The van der Waals surface area contributed by atoms with Gasteiger partial charge >= 0.3 is 0 Å². The highest BCUT2D eigenvalue weighted by atomic mass is 32.1. The molecule has 140 valence electrons. The summed E-state index contributed by atoms with van der Waals surface area (Å²) in [6.07, 6.45) is 5.76. The number of fused-ring (bicyclic) bond motifs is 1. The van der Waals surface area contributed by atoms with Gasteiger partial charge in [-0.25, -0.2) is 4.98 Å². The number of hydrogen-bond acceptors (Lipinski definition) is 4. The lowest BCUT2D eigenvalue weighted by atomic mass is 10.1. The number of aromatic nitrogens is 1. The molecule has 0 aliphatic carbocycles. The van der Waals surface area contributed by atoms with Crippen LogP contribution in [0.15, 0.2) is 65.2 Å². The molecule has 28 heavy (non-hydrogen) atoms. The molecule has 0 bridgehead atoms. The van der Waals surface area contributed by atoms with E-state index in [9.17, 15) is 4.79 Å². The fourth-order valence-electron chi connectivity index (χ4n) is 3.04. The Bertz CT molecular complexity index is 1170. The molecule has 5 heteroatoms. The SMILES string of the molecule is Cc1cccc(Cc2cnc(NC(=O)/C=C/c3cc4cc(C)ccc4o3)s2)c1. The Morgan fingerprint density at radius 3 is 2.86 bits per heavy atom. The van der Waals surface area contributed by atoms with Crippen molar-refractivity contribution >= 4 is 39.4 Å². The summed E-state index contributed by atoms with van der Waals surface area (Å²) < 4.78 is 5.72. The van der Waals surface area contributed by atoms with Gasteiger partial charge in [-0.1, -0.05) is 41.5 Å². The van der Waals surface area contributed by atoms with Crippen molar-refractivity contribution in [2.24, 2.45) is 0 Å². The monoisotopic (exact) mass is 388 g/mol. The van der Waals surface area contributed by atoms with Gasteiger partial charge in [0.1, 0.15) is 11.3 Å². The summed E-state index contributed by atoms with van der Waals surface area (Å²) in [4.78, 5) is 17.6. The molecule has 0 fully saturated rings. The van der Waals surface area contributed by atoms with Gasteiger partial charge in [-0.3, -0.25) is 10.1 Å². The molecular formula is C23H20N2O2S. The van der Waals surface area contributed by atoms with Crippen molar-refractivity contribution in [3.05, 3.63) is 88.1 Å². The minimum Gasteiger partial charge on any atom is -0.457 e. The topological polar surface area (TPSA) is 55.1 Å². The number of thiazole rings is 1. The molecule has 4 aromatic rings. The first-order valence-corrected chi connectivity index (χ1v) is 9.86. The second-order valence-corrected chi connectivity index (χ2v) is 7.93. The van der Waals surface area contributed by atoms with Crippen LogP contribution in [0.3, 0.4) is 0 Å². The third-order valence-corrected chi connectivity index (χ3v) is 5.25. The standard InChI is InChI=1S/C23H20N2O2S/c1-15-4-3-5-17(10-15)12-20-14-24-23(28-20)25-22(26)9-7-19-13-18-11-16(2)6-8-21(18)27-19/h3-11,13-14H,12H2,1-2H3,(H,24,25,26)/b9-7+. The predicted molar refractivity (Wildman–Crippen MR) is 115 cm³/mol. The maximum atomic E-state index is 12.2. The number of amides is 1. The van der Waals surface area contributed by atoms with Crippen molar-refractivity contribution in [1.29, 1.82) is 0 Å². The van der Waals surface area contributed by atoms with E-state index in [0.717, 1.165) is 22.3 Å². The molecule has 2 heterocycles. The van der Waals surface area contributed by atoms with Crippen LogP contribution in [0.5, 0.6) is 0 Å². The van der Waals surface area contributed by atoms with E-state index in [4.69, 9.17) is 4.42 Å². The van der Waals surface area contributed by atoms with Crippen molar-refractivity contribution in [3.8, 4) is 0 Å². The molecule has 1 N–H and O–H groups in total. The van der Waals surface area contributed by atoms with Crippen LogP contribution in [0.2, 0.25) is 0 Å². The number of aryl methyl sites for hydroxylation is 2. The van der Waals surface area contributed by atoms with Crippen molar-refractivity contribution < 1.29 is 9.21 Å². The summed E-state index contributed by atoms with van der Waals surface area (Å²) >= 11 is 1.49. The smallest absolute Gasteiger partial charge is 0.250 e. The number of anilines is 1. The van der Waals surface area contributed by atoms with E-state index in [0.29, 0.717) is 10.9 Å². The van der Waals surface area contributed by atoms with Gasteiger partial charge in [0.05, 0.1) is 0 Å². The largest absolute Gasteiger partial charge is 0.457 e. The van der Waals surface area contributed by atoms with Crippen molar-refractivity contribution in [2.45, 2.75) is 20.3 Å². The first-order chi connectivity index (χ1) is 13.5. The molecule has 1 amide bonds. The highest BCUT2D eigenvalue weighted by Gasteiger charge is 2.07. The van der Waals surface area contributed by atoms with E-state index in [1.807, 2.05) is 31.3 Å². The molecule has 2 aromatic heterocycles. The fourth-order valence-corrected chi connectivity index (χ4v) is 3.89. The predicted octanol–water partition coefficient (Wildman–Crippen LogP) is 5.75. The Hall–Kier alpha value is -3.18. The lowest BCUT2D eigenvalue weighted by Gasteiger charge is -1.99. The molecule has 0 atom stereocenters. The number of furan rings is 1. The Balaban J connectivity index is 1.39. The molecule has 2 aromatic carbocycles. The van der Waals surface area contributed by atoms with Crippen molar-refractivity contribution in [2.75, 3.05) is 5.32 Å². The quantitative estimate of drug-likeness (QED) is 0.443. The van der Waals surface area contributed by atoms with Gasteiger partial charge in [0.15, 0.2) is 5.13 Å². The molecule has 0 aliphatic rings. The summed E-state index contributed by atoms with van der Waals surface area (Å²) in [5, 5.41) is 4.44. The van der Waals surface area contributed by atoms with Crippen LogP contribution in [-0.4, -0.2) is 10.9 Å². The number of carbonyl (C=O) groups excluding carboxylic acids is 1. The van der Waals surface area contributed by atoms with E-state index in [1.54, 1.807) is 6.08 Å². The number of carbonyl (C=O) groups is 1. The van der Waals surface area contributed by atoms with Gasteiger partial charge in [0.2, 0.25) is 5.91 Å². The zero-order valence-electron chi connectivity index (χ0n) is 15.7. The van der Waals surface area contributed by atoms with Crippen LogP contribution in [-0.2, 0) is 11.2 Å². The molecule has 0 unspecified atom stereocenters. The van der Waals surface area contributed by atoms with Gasteiger partial charge in [-0.15, -0.1) is 11.3 Å².